The van der Waals surface area contributed by atoms with Crippen LogP contribution in [0.5, 0.6) is 0 Å². The maximum atomic E-state index is 10.1. The molecule has 0 radical (unpaired) electrons. The van der Waals surface area contributed by atoms with Gasteiger partial charge in [0.25, 0.3) is 0 Å². The van der Waals surface area contributed by atoms with Crippen molar-refractivity contribution < 1.29 is 19.9 Å². The van der Waals surface area contributed by atoms with Crippen LogP contribution < -0.4 is 0 Å². The van der Waals surface area contributed by atoms with Crippen molar-refractivity contribution in [1.29, 1.82) is 0 Å². The molecule has 1 nitrogen and oxygen atoms in total. The van der Waals surface area contributed by atoms with Gasteiger partial charge in [-0.1, -0.05) is 0 Å². The summed E-state index contributed by atoms with van der Waals surface area (Å²) in [6.45, 7) is 0. The molecule has 9 heavy (non-hydrogen) atoms. The minimum atomic E-state index is -0.727. The van der Waals surface area contributed by atoms with Crippen LogP contribution in [0, 0.1) is 0 Å². The fourth-order valence-corrected chi connectivity index (χ4v) is 1.01. The Hall–Kier alpha value is 0.444. The Morgan fingerprint density at radius 3 is 2.33 bits per heavy atom. The molecule has 0 fully saturated rings. The zero-order valence-electron chi connectivity index (χ0n) is 4.61. The van der Waals surface area contributed by atoms with E-state index in [-0.39, 0.29) is 24.8 Å². The summed E-state index contributed by atoms with van der Waals surface area (Å²) < 4.78 is 11.2. The van der Waals surface area contributed by atoms with Crippen LogP contribution in [0.15, 0.2) is 22.5 Å². The van der Waals surface area contributed by atoms with Crippen LogP contribution in [0.2, 0.25) is 0 Å². The number of halogens is 2. The predicted octanol–water partition coefficient (Wildman–Crippen LogP) is 2.10. The van der Waals surface area contributed by atoms with E-state index in [4.69, 9.17) is 0 Å². The molecule has 52 valence electrons. The average Bonchev–Trinajstić information content (AvgIpc) is 2.14. The van der Waals surface area contributed by atoms with Crippen LogP contribution >= 0.6 is 24.8 Å². The average molecular weight is 205 g/mol. The first-order valence-electron chi connectivity index (χ1n) is 2.12. The Kier molecular flexibility index (Phi) is 8.86. The third-order valence-corrected chi connectivity index (χ3v) is 1.75. The van der Waals surface area contributed by atoms with E-state index in [2.05, 4.69) is 0 Å². The molecule has 0 saturated carbocycles. The molecule has 0 spiro atoms. The Labute approximate surface area is 73.7 Å². The van der Waals surface area contributed by atoms with Crippen molar-refractivity contribution in [3.05, 3.63) is 22.5 Å². The van der Waals surface area contributed by atoms with Gasteiger partial charge in [0.15, 0.2) is 0 Å². The molecule has 0 saturated heterocycles. The van der Waals surface area contributed by atoms with Gasteiger partial charge in [-0.05, 0) is 0 Å². The van der Waals surface area contributed by atoms with E-state index in [0.717, 1.165) is 10.7 Å². The quantitative estimate of drug-likeness (QED) is 0.640. The number of hydrogen-bond donors (Lipinski definition) is 0. The molecule has 1 aliphatic rings. The molecule has 0 aromatic heterocycles. The maximum absolute atomic E-state index is 10.1. The standard InChI is InChI=1S/C5H5.2ClH.O.V/c1-2-4-5-3-1;;;;/h1-3H,4H2;2*1H;;. The summed E-state index contributed by atoms with van der Waals surface area (Å²) in [5.41, 5.74) is 0. The number of rotatable bonds is 1. The molecular weight excluding hydrogens is 198 g/mol. The monoisotopic (exact) mass is 204 g/mol. The SMILES string of the molecule is Cl.Cl.[O]=[V][C]1=CC=CC1. The van der Waals surface area contributed by atoms with Gasteiger partial charge in [-0.2, -0.15) is 0 Å². The van der Waals surface area contributed by atoms with Crippen LogP contribution in [0.3, 0.4) is 0 Å². The summed E-state index contributed by atoms with van der Waals surface area (Å²) in [6, 6.07) is 0. The molecule has 1 aliphatic carbocycles. The molecule has 0 heterocycles. The summed E-state index contributed by atoms with van der Waals surface area (Å²) in [5.74, 6) is 0. The normalized spacial score (nSPS) is 13.1. The van der Waals surface area contributed by atoms with Crippen LogP contribution in [-0.2, 0) is 19.9 Å². The van der Waals surface area contributed by atoms with Gasteiger partial charge < -0.3 is 0 Å². The first-order valence-corrected chi connectivity index (χ1v) is 3.39. The van der Waals surface area contributed by atoms with Crippen LogP contribution in [0.4, 0.5) is 0 Å². The molecule has 0 aliphatic heterocycles. The van der Waals surface area contributed by atoms with Gasteiger partial charge in [0, 0.05) is 0 Å². The molecule has 0 unspecified atom stereocenters. The molecule has 0 atom stereocenters. The summed E-state index contributed by atoms with van der Waals surface area (Å²) in [6.07, 6.45) is 6.81. The number of allylic oxidation sites excluding steroid dienone is 4. The minimum absolute atomic E-state index is 0. The van der Waals surface area contributed by atoms with Gasteiger partial charge in [-0.3, -0.25) is 0 Å². The van der Waals surface area contributed by atoms with E-state index in [0.29, 0.717) is 0 Å². The van der Waals surface area contributed by atoms with Crippen molar-refractivity contribution in [1.82, 2.24) is 0 Å². The summed E-state index contributed by atoms with van der Waals surface area (Å²) in [5, 5.41) is 0. The molecule has 0 bridgehead atoms. The summed E-state index contributed by atoms with van der Waals surface area (Å²) in [7, 11) is 0. The molecule has 0 N–H and O–H groups in total. The van der Waals surface area contributed by atoms with E-state index in [1.807, 2.05) is 18.2 Å². The van der Waals surface area contributed by atoms with Gasteiger partial charge in [-0.25, -0.2) is 0 Å². The van der Waals surface area contributed by atoms with Crippen molar-refractivity contribution in [2.75, 3.05) is 0 Å². The third kappa shape index (κ3) is 3.93. The van der Waals surface area contributed by atoms with Crippen molar-refractivity contribution in [3.63, 3.8) is 0 Å². The molecule has 4 heteroatoms. The molecule has 0 aromatic rings. The van der Waals surface area contributed by atoms with Crippen LogP contribution in [0.25, 0.3) is 0 Å². The molecular formula is C5H7Cl2OV. The summed E-state index contributed by atoms with van der Waals surface area (Å²) in [4.78, 5) is 0. The van der Waals surface area contributed by atoms with Gasteiger partial charge >= 0.3 is 48.8 Å². The van der Waals surface area contributed by atoms with E-state index in [1.54, 1.807) is 0 Å². The third-order valence-electron chi connectivity index (χ3n) is 0.869. The first kappa shape index (κ1) is 12.2. The van der Waals surface area contributed by atoms with Gasteiger partial charge in [0.2, 0.25) is 0 Å². The fourth-order valence-electron chi connectivity index (χ4n) is 0.504. The number of hydrogen-bond acceptors (Lipinski definition) is 1. The Morgan fingerprint density at radius 2 is 2.11 bits per heavy atom. The van der Waals surface area contributed by atoms with E-state index < -0.39 is 16.2 Å². The Morgan fingerprint density at radius 1 is 1.44 bits per heavy atom. The second kappa shape index (κ2) is 6.56. The van der Waals surface area contributed by atoms with Crippen molar-refractivity contribution >= 4 is 24.8 Å². The second-order valence-corrected chi connectivity index (χ2v) is 2.56. The molecule has 1 rings (SSSR count). The van der Waals surface area contributed by atoms with Crippen LogP contribution in [-0.4, -0.2) is 0 Å². The van der Waals surface area contributed by atoms with Gasteiger partial charge in [0.1, 0.15) is 0 Å². The predicted molar refractivity (Wildman–Crippen MR) is 37.0 cm³/mol. The Balaban J connectivity index is 0. The summed E-state index contributed by atoms with van der Waals surface area (Å²) >= 11 is -0.727. The zero-order valence-corrected chi connectivity index (χ0v) is 7.64. The zero-order chi connectivity index (χ0) is 5.11. The van der Waals surface area contributed by atoms with E-state index in [9.17, 15) is 3.67 Å². The van der Waals surface area contributed by atoms with Crippen molar-refractivity contribution in [3.8, 4) is 0 Å². The topological polar surface area (TPSA) is 17.1 Å². The van der Waals surface area contributed by atoms with E-state index in [1.165, 1.54) is 0 Å². The van der Waals surface area contributed by atoms with Gasteiger partial charge in [-0.15, -0.1) is 24.8 Å². The fraction of sp³-hybridized carbons (Fsp3) is 0.200. The molecule has 0 aromatic carbocycles. The molecule has 0 amide bonds. The first-order chi connectivity index (χ1) is 3.43. The van der Waals surface area contributed by atoms with E-state index >= 15 is 0 Å². The second-order valence-electron chi connectivity index (χ2n) is 1.38. The van der Waals surface area contributed by atoms with Crippen molar-refractivity contribution in [2.45, 2.75) is 6.42 Å². The van der Waals surface area contributed by atoms with Crippen LogP contribution in [0.1, 0.15) is 6.42 Å². The van der Waals surface area contributed by atoms with Crippen molar-refractivity contribution in [2.24, 2.45) is 0 Å². The Bertz CT molecular complexity index is 142. The van der Waals surface area contributed by atoms with Gasteiger partial charge in [0.05, 0.1) is 0 Å².